The maximum Gasteiger partial charge on any atom is 0.337 e. The van der Waals surface area contributed by atoms with E-state index in [1.807, 2.05) is 0 Å². The van der Waals surface area contributed by atoms with Crippen LogP contribution in [0.3, 0.4) is 0 Å². The average molecular weight is 306 g/mol. The van der Waals surface area contributed by atoms with E-state index in [4.69, 9.17) is 0 Å². The molecule has 0 aliphatic heterocycles. The van der Waals surface area contributed by atoms with Crippen LogP contribution in [-0.2, 0) is 14.3 Å². The largest absolute Gasteiger partial charge is 0.465 e. The summed E-state index contributed by atoms with van der Waals surface area (Å²) in [6, 6.07) is 6.48. The second kappa shape index (κ2) is 7.59. The van der Waals surface area contributed by atoms with Gasteiger partial charge in [0.2, 0.25) is 11.8 Å². The second-order valence-corrected chi connectivity index (χ2v) is 5.88. The van der Waals surface area contributed by atoms with E-state index in [0.717, 1.165) is 0 Å². The number of benzene rings is 1. The standard InChI is InChI=1S/C16H22N2O4/c1-16(2,3)15(21)17-9-8-13(19)18-12-7-5-6-11(10-12)14(20)22-4/h5-7,10H,8-9H2,1-4H3,(H,17,21)(H,18,19). The molecule has 0 saturated carbocycles. The van der Waals surface area contributed by atoms with E-state index >= 15 is 0 Å². The van der Waals surface area contributed by atoms with Gasteiger partial charge in [-0.1, -0.05) is 26.8 Å². The van der Waals surface area contributed by atoms with Crippen LogP contribution in [0.1, 0.15) is 37.6 Å². The minimum absolute atomic E-state index is 0.104. The zero-order valence-corrected chi connectivity index (χ0v) is 13.4. The number of nitrogens with one attached hydrogen (secondary N) is 2. The Bertz CT molecular complexity index is 562. The van der Waals surface area contributed by atoms with E-state index in [1.165, 1.54) is 13.2 Å². The van der Waals surface area contributed by atoms with Gasteiger partial charge in [-0.05, 0) is 18.2 Å². The minimum atomic E-state index is -0.481. The summed E-state index contributed by atoms with van der Waals surface area (Å²) in [6.45, 7) is 5.68. The number of carbonyl (C=O) groups excluding carboxylic acids is 3. The molecule has 1 rings (SSSR count). The molecule has 1 aromatic rings. The zero-order chi connectivity index (χ0) is 16.8. The summed E-state index contributed by atoms with van der Waals surface area (Å²) in [5, 5.41) is 5.38. The van der Waals surface area contributed by atoms with Crippen molar-refractivity contribution in [3.63, 3.8) is 0 Å². The summed E-state index contributed by atoms with van der Waals surface area (Å²) in [4.78, 5) is 34.9. The lowest BCUT2D eigenvalue weighted by Crippen LogP contribution is -2.36. The molecule has 120 valence electrons. The number of methoxy groups -OCH3 is 1. The molecule has 2 amide bonds. The second-order valence-electron chi connectivity index (χ2n) is 5.88. The molecule has 6 nitrogen and oxygen atoms in total. The van der Waals surface area contributed by atoms with Gasteiger partial charge >= 0.3 is 5.97 Å². The number of carbonyl (C=O) groups is 3. The number of rotatable bonds is 5. The van der Waals surface area contributed by atoms with Gasteiger partial charge in [-0.25, -0.2) is 4.79 Å². The van der Waals surface area contributed by atoms with Gasteiger partial charge in [-0.3, -0.25) is 9.59 Å². The van der Waals surface area contributed by atoms with E-state index in [-0.39, 0.29) is 24.8 Å². The van der Waals surface area contributed by atoms with Crippen molar-refractivity contribution in [1.29, 1.82) is 0 Å². The van der Waals surface area contributed by atoms with Gasteiger partial charge in [0.1, 0.15) is 0 Å². The van der Waals surface area contributed by atoms with Crippen LogP contribution in [0.25, 0.3) is 0 Å². The van der Waals surface area contributed by atoms with Crippen LogP contribution in [0.2, 0.25) is 0 Å². The van der Waals surface area contributed by atoms with Crippen LogP contribution in [0.15, 0.2) is 24.3 Å². The highest BCUT2D eigenvalue weighted by molar-refractivity contribution is 5.94. The van der Waals surface area contributed by atoms with Gasteiger partial charge in [0.25, 0.3) is 0 Å². The molecule has 0 aliphatic carbocycles. The maximum atomic E-state index is 11.8. The van der Waals surface area contributed by atoms with Crippen molar-refractivity contribution in [2.24, 2.45) is 5.41 Å². The summed E-state index contributed by atoms with van der Waals surface area (Å²) in [5.41, 5.74) is 0.391. The van der Waals surface area contributed by atoms with Crippen LogP contribution in [0.5, 0.6) is 0 Å². The van der Waals surface area contributed by atoms with Crippen molar-refractivity contribution < 1.29 is 19.1 Å². The molecule has 0 aliphatic rings. The highest BCUT2D eigenvalue weighted by Gasteiger charge is 2.20. The number of amides is 2. The number of hydrogen-bond donors (Lipinski definition) is 2. The summed E-state index contributed by atoms with van der Waals surface area (Å²) in [5.74, 6) is -0.808. The van der Waals surface area contributed by atoms with Crippen molar-refractivity contribution in [1.82, 2.24) is 5.32 Å². The number of anilines is 1. The summed E-state index contributed by atoms with van der Waals surface area (Å²) in [7, 11) is 1.30. The Morgan fingerprint density at radius 3 is 2.45 bits per heavy atom. The van der Waals surface area contributed by atoms with Crippen LogP contribution in [0.4, 0.5) is 5.69 Å². The first-order valence-corrected chi connectivity index (χ1v) is 7.00. The van der Waals surface area contributed by atoms with Crippen molar-refractivity contribution >= 4 is 23.5 Å². The smallest absolute Gasteiger partial charge is 0.337 e. The van der Waals surface area contributed by atoms with Crippen molar-refractivity contribution in [2.45, 2.75) is 27.2 Å². The molecule has 0 spiro atoms. The van der Waals surface area contributed by atoms with E-state index in [0.29, 0.717) is 11.3 Å². The number of esters is 1. The van der Waals surface area contributed by atoms with Crippen molar-refractivity contribution in [2.75, 3.05) is 19.0 Å². The molecule has 0 bridgehead atoms. The number of ether oxygens (including phenoxy) is 1. The predicted molar refractivity (Wildman–Crippen MR) is 83.5 cm³/mol. The Hall–Kier alpha value is -2.37. The third-order valence-electron chi connectivity index (χ3n) is 2.89. The van der Waals surface area contributed by atoms with E-state index in [2.05, 4.69) is 15.4 Å². The lowest BCUT2D eigenvalue weighted by molar-refractivity contribution is -0.128. The van der Waals surface area contributed by atoms with Crippen LogP contribution < -0.4 is 10.6 Å². The van der Waals surface area contributed by atoms with Crippen LogP contribution >= 0.6 is 0 Å². The van der Waals surface area contributed by atoms with Gasteiger partial charge in [-0.2, -0.15) is 0 Å². The summed E-state index contributed by atoms with van der Waals surface area (Å²) < 4.78 is 4.62. The Morgan fingerprint density at radius 1 is 1.18 bits per heavy atom. The SMILES string of the molecule is COC(=O)c1cccc(NC(=O)CCNC(=O)C(C)(C)C)c1. The molecule has 2 N–H and O–H groups in total. The first-order chi connectivity index (χ1) is 10.2. The Kier molecular flexibility index (Phi) is 6.10. The first kappa shape index (κ1) is 17.7. The molecule has 0 aromatic heterocycles. The van der Waals surface area contributed by atoms with E-state index < -0.39 is 11.4 Å². The molecule has 0 fully saturated rings. The molecule has 22 heavy (non-hydrogen) atoms. The van der Waals surface area contributed by atoms with Gasteiger partial charge < -0.3 is 15.4 Å². The van der Waals surface area contributed by atoms with Gasteiger partial charge in [0.15, 0.2) is 0 Å². The zero-order valence-electron chi connectivity index (χ0n) is 13.4. The third kappa shape index (κ3) is 5.55. The Labute approximate surface area is 130 Å². The highest BCUT2D eigenvalue weighted by Crippen LogP contribution is 2.13. The van der Waals surface area contributed by atoms with Gasteiger partial charge in [0, 0.05) is 24.1 Å². The third-order valence-corrected chi connectivity index (χ3v) is 2.89. The van der Waals surface area contributed by atoms with Crippen LogP contribution in [0, 0.1) is 5.41 Å². The quantitative estimate of drug-likeness (QED) is 0.815. The molecule has 0 saturated heterocycles. The lowest BCUT2D eigenvalue weighted by Gasteiger charge is -2.17. The monoisotopic (exact) mass is 306 g/mol. The topological polar surface area (TPSA) is 84.5 Å². The molecule has 0 heterocycles. The molecule has 1 aromatic carbocycles. The fourth-order valence-electron chi connectivity index (χ4n) is 1.62. The Balaban J connectivity index is 2.49. The normalized spacial score (nSPS) is 10.7. The fraction of sp³-hybridized carbons (Fsp3) is 0.438. The molecular formula is C16H22N2O4. The molecule has 0 atom stereocenters. The van der Waals surface area contributed by atoms with E-state index in [9.17, 15) is 14.4 Å². The molecule has 0 unspecified atom stereocenters. The maximum absolute atomic E-state index is 11.8. The van der Waals surface area contributed by atoms with E-state index in [1.54, 1.807) is 39.0 Å². The van der Waals surface area contributed by atoms with Crippen molar-refractivity contribution in [3.05, 3.63) is 29.8 Å². The first-order valence-electron chi connectivity index (χ1n) is 7.00. The molecular weight excluding hydrogens is 284 g/mol. The molecule has 0 radical (unpaired) electrons. The van der Waals surface area contributed by atoms with Crippen LogP contribution in [-0.4, -0.2) is 31.4 Å². The highest BCUT2D eigenvalue weighted by atomic mass is 16.5. The summed E-state index contributed by atoms with van der Waals surface area (Å²) >= 11 is 0. The predicted octanol–water partition coefficient (Wildman–Crippen LogP) is 1.96. The summed E-state index contributed by atoms with van der Waals surface area (Å²) in [6.07, 6.45) is 0.157. The number of hydrogen-bond acceptors (Lipinski definition) is 4. The lowest BCUT2D eigenvalue weighted by atomic mass is 9.96. The van der Waals surface area contributed by atoms with Crippen molar-refractivity contribution in [3.8, 4) is 0 Å². The van der Waals surface area contributed by atoms with Gasteiger partial charge in [0.05, 0.1) is 12.7 Å². The minimum Gasteiger partial charge on any atom is -0.465 e. The van der Waals surface area contributed by atoms with Gasteiger partial charge in [-0.15, -0.1) is 0 Å². The fourth-order valence-corrected chi connectivity index (χ4v) is 1.62. The average Bonchev–Trinajstić information content (AvgIpc) is 2.45. The Morgan fingerprint density at radius 2 is 1.86 bits per heavy atom. The molecule has 6 heteroatoms.